The Labute approximate surface area is 101 Å². The molecule has 2 aliphatic rings. The first-order chi connectivity index (χ1) is 8.07. The Morgan fingerprint density at radius 3 is 2.47 bits per heavy atom. The summed E-state index contributed by atoms with van der Waals surface area (Å²) in [6.45, 7) is 1.59. The average Bonchev–Trinajstić information content (AvgIpc) is 2.98. The first-order valence-electron chi connectivity index (χ1n) is 5.81. The van der Waals surface area contributed by atoms with Crippen LogP contribution in [0.25, 0.3) is 0 Å². The average molecular weight is 262 g/mol. The third-order valence-electron chi connectivity index (χ3n) is 3.35. The summed E-state index contributed by atoms with van der Waals surface area (Å²) < 4.78 is 27.5. The molecule has 0 aromatic rings. The zero-order chi connectivity index (χ0) is 12.5. The molecule has 17 heavy (non-hydrogen) atoms. The minimum Gasteiger partial charge on any atom is -0.409 e. The van der Waals surface area contributed by atoms with E-state index < -0.39 is 16.3 Å². The van der Waals surface area contributed by atoms with Gasteiger partial charge in [-0.3, -0.25) is 0 Å². The van der Waals surface area contributed by atoms with Crippen molar-refractivity contribution in [2.45, 2.75) is 31.7 Å². The van der Waals surface area contributed by atoms with Gasteiger partial charge < -0.3 is 10.9 Å². The molecule has 2 saturated heterocycles. The molecule has 0 saturated carbocycles. The highest BCUT2D eigenvalue weighted by Crippen LogP contribution is 2.25. The molecule has 0 aliphatic carbocycles. The van der Waals surface area contributed by atoms with Crippen molar-refractivity contribution in [1.82, 2.24) is 8.61 Å². The number of oxime groups is 1. The van der Waals surface area contributed by atoms with Crippen molar-refractivity contribution < 1.29 is 13.6 Å². The van der Waals surface area contributed by atoms with Gasteiger partial charge in [-0.2, -0.15) is 17.0 Å². The van der Waals surface area contributed by atoms with Crippen molar-refractivity contribution in [3.8, 4) is 0 Å². The summed E-state index contributed by atoms with van der Waals surface area (Å²) in [5, 5.41) is 11.6. The summed E-state index contributed by atoms with van der Waals surface area (Å²) in [6.07, 6.45) is 3.17. The van der Waals surface area contributed by atoms with Crippen LogP contribution < -0.4 is 5.73 Å². The van der Waals surface area contributed by atoms with Crippen molar-refractivity contribution in [3.05, 3.63) is 0 Å². The molecular weight excluding hydrogens is 244 g/mol. The summed E-state index contributed by atoms with van der Waals surface area (Å²) in [5.74, 6) is -0.0229. The van der Waals surface area contributed by atoms with Gasteiger partial charge in [0, 0.05) is 19.6 Å². The lowest BCUT2D eigenvalue weighted by Crippen LogP contribution is -2.49. The number of nitrogens with zero attached hydrogens (tertiary/aromatic N) is 3. The quantitative estimate of drug-likeness (QED) is 0.311. The van der Waals surface area contributed by atoms with Gasteiger partial charge in [-0.15, -0.1) is 0 Å². The molecule has 98 valence electrons. The maximum atomic E-state index is 12.3. The molecule has 7 nitrogen and oxygen atoms in total. The summed E-state index contributed by atoms with van der Waals surface area (Å²) in [4.78, 5) is 0. The van der Waals surface area contributed by atoms with Crippen LogP contribution in [0.1, 0.15) is 25.7 Å². The largest absolute Gasteiger partial charge is 0.409 e. The van der Waals surface area contributed by atoms with E-state index >= 15 is 0 Å². The van der Waals surface area contributed by atoms with Crippen molar-refractivity contribution >= 4 is 16.0 Å². The fraction of sp³-hybridized carbons (Fsp3) is 0.889. The predicted molar refractivity (Wildman–Crippen MR) is 62.9 cm³/mol. The zero-order valence-corrected chi connectivity index (χ0v) is 10.4. The lowest BCUT2D eigenvalue weighted by molar-refractivity contribution is 0.309. The van der Waals surface area contributed by atoms with Gasteiger partial charge in [0.2, 0.25) is 0 Å². The molecule has 2 rings (SSSR count). The molecule has 0 amide bonds. The number of nitrogens with two attached hydrogens (primary N) is 1. The molecule has 0 bridgehead atoms. The second-order valence-electron chi connectivity index (χ2n) is 4.41. The van der Waals surface area contributed by atoms with Crippen LogP contribution >= 0.6 is 0 Å². The van der Waals surface area contributed by atoms with Gasteiger partial charge in [0.1, 0.15) is 0 Å². The van der Waals surface area contributed by atoms with E-state index in [-0.39, 0.29) is 5.84 Å². The van der Waals surface area contributed by atoms with Crippen LogP contribution in [0.4, 0.5) is 0 Å². The molecular formula is C9H18N4O3S. The molecule has 1 unspecified atom stereocenters. The van der Waals surface area contributed by atoms with Crippen LogP contribution in [0.2, 0.25) is 0 Å². The Morgan fingerprint density at radius 1 is 1.24 bits per heavy atom. The molecule has 0 aromatic carbocycles. The van der Waals surface area contributed by atoms with Crippen molar-refractivity contribution in [2.24, 2.45) is 10.9 Å². The third kappa shape index (κ3) is 2.24. The van der Waals surface area contributed by atoms with E-state index in [0.29, 0.717) is 26.1 Å². The van der Waals surface area contributed by atoms with Crippen LogP contribution in [0.15, 0.2) is 5.16 Å². The molecule has 0 spiro atoms. The second kappa shape index (κ2) is 4.79. The highest BCUT2D eigenvalue weighted by Gasteiger charge is 2.40. The standard InChI is InChI=1S/C9H18N4O3S/c10-9(11-14)8-4-3-7-13(8)17(15,16)12-5-1-2-6-12/h8,14H,1-7H2,(H2,10,11). The molecule has 0 radical (unpaired) electrons. The Morgan fingerprint density at radius 2 is 1.88 bits per heavy atom. The number of amidine groups is 1. The van der Waals surface area contributed by atoms with E-state index in [1.54, 1.807) is 0 Å². The van der Waals surface area contributed by atoms with Gasteiger partial charge in [0.15, 0.2) is 5.84 Å². The highest BCUT2D eigenvalue weighted by atomic mass is 32.2. The van der Waals surface area contributed by atoms with Crippen LogP contribution in [-0.2, 0) is 10.2 Å². The van der Waals surface area contributed by atoms with Crippen LogP contribution in [0, 0.1) is 0 Å². The Balaban J connectivity index is 2.20. The molecule has 8 heteroatoms. The Bertz CT molecular complexity index is 402. The molecule has 2 aliphatic heterocycles. The fourth-order valence-corrected chi connectivity index (χ4v) is 4.36. The SMILES string of the molecule is NC(=NO)C1CCCN1S(=O)(=O)N1CCCC1. The predicted octanol–water partition coefficient (Wildman–Crippen LogP) is -0.462. The molecule has 3 N–H and O–H groups in total. The fourth-order valence-electron chi connectivity index (χ4n) is 2.45. The smallest absolute Gasteiger partial charge is 0.282 e. The van der Waals surface area contributed by atoms with E-state index in [1.807, 2.05) is 0 Å². The lowest BCUT2D eigenvalue weighted by atomic mass is 10.2. The maximum Gasteiger partial charge on any atom is 0.282 e. The van der Waals surface area contributed by atoms with E-state index in [4.69, 9.17) is 10.9 Å². The second-order valence-corrected chi connectivity index (χ2v) is 6.29. The third-order valence-corrected chi connectivity index (χ3v) is 5.40. The molecule has 0 aromatic heterocycles. The number of hydrogen-bond acceptors (Lipinski definition) is 4. The number of rotatable bonds is 3. The normalized spacial score (nSPS) is 28.9. The van der Waals surface area contributed by atoms with Crippen molar-refractivity contribution in [1.29, 1.82) is 0 Å². The minimum absolute atomic E-state index is 0.0229. The van der Waals surface area contributed by atoms with Gasteiger partial charge in [0.05, 0.1) is 6.04 Å². The van der Waals surface area contributed by atoms with Crippen LogP contribution in [0.3, 0.4) is 0 Å². The van der Waals surface area contributed by atoms with E-state index in [0.717, 1.165) is 19.3 Å². The van der Waals surface area contributed by atoms with Crippen molar-refractivity contribution in [3.63, 3.8) is 0 Å². The Kier molecular flexibility index (Phi) is 3.55. The van der Waals surface area contributed by atoms with Crippen LogP contribution in [-0.4, -0.2) is 53.7 Å². The molecule has 2 heterocycles. The number of hydrogen-bond donors (Lipinski definition) is 2. The Hall–Kier alpha value is -0.860. The highest BCUT2D eigenvalue weighted by molar-refractivity contribution is 7.86. The van der Waals surface area contributed by atoms with Gasteiger partial charge in [-0.1, -0.05) is 5.16 Å². The van der Waals surface area contributed by atoms with Gasteiger partial charge in [-0.25, -0.2) is 0 Å². The zero-order valence-electron chi connectivity index (χ0n) is 9.62. The minimum atomic E-state index is -3.45. The topological polar surface area (TPSA) is 99.2 Å². The van der Waals surface area contributed by atoms with Gasteiger partial charge >= 0.3 is 0 Å². The summed E-state index contributed by atoms with van der Waals surface area (Å²) in [6, 6.07) is -0.495. The van der Waals surface area contributed by atoms with E-state index in [2.05, 4.69) is 5.16 Å². The maximum absolute atomic E-state index is 12.3. The van der Waals surface area contributed by atoms with Crippen molar-refractivity contribution in [2.75, 3.05) is 19.6 Å². The summed E-state index contributed by atoms with van der Waals surface area (Å²) in [7, 11) is -3.45. The van der Waals surface area contributed by atoms with Gasteiger partial charge in [-0.05, 0) is 25.7 Å². The molecule has 1 atom stereocenters. The summed E-state index contributed by atoms with van der Waals surface area (Å²) in [5.41, 5.74) is 5.54. The monoisotopic (exact) mass is 262 g/mol. The first kappa shape index (κ1) is 12.6. The first-order valence-corrected chi connectivity index (χ1v) is 7.21. The lowest BCUT2D eigenvalue weighted by Gasteiger charge is -2.27. The van der Waals surface area contributed by atoms with Crippen LogP contribution in [0.5, 0.6) is 0 Å². The van der Waals surface area contributed by atoms with E-state index in [1.165, 1.54) is 8.61 Å². The van der Waals surface area contributed by atoms with Gasteiger partial charge in [0.25, 0.3) is 10.2 Å². The van der Waals surface area contributed by atoms with E-state index in [9.17, 15) is 8.42 Å². The summed E-state index contributed by atoms with van der Waals surface area (Å²) >= 11 is 0. The molecule has 2 fully saturated rings.